The topological polar surface area (TPSA) is 40.2 Å². The molecule has 2 rings (SSSR count). The summed E-state index contributed by atoms with van der Waals surface area (Å²) >= 11 is 0. The van der Waals surface area contributed by atoms with Gasteiger partial charge in [-0.2, -0.15) is 0 Å². The van der Waals surface area contributed by atoms with E-state index in [9.17, 15) is 13.2 Å². The maximum Gasteiger partial charge on any atom is 0.522 e. The minimum Gasteiger partial charge on any atom is -0.351 e. The first-order valence-corrected chi connectivity index (χ1v) is 6.10. The number of aryl methyl sites for hydroxylation is 1. The minimum atomic E-state index is -4.55. The van der Waals surface area contributed by atoms with Crippen LogP contribution in [0.3, 0.4) is 0 Å². The average molecular weight is 262 g/mol. The molecule has 0 aromatic carbocycles. The van der Waals surface area contributed by atoms with E-state index in [2.05, 4.69) is 4.74 Å². The van der Waals surface area contributed by atoms with Crippen LogP contribution in [0.2, 0.25) is 0 Å². The number of nitrogens with two attached hydrogens (primary N) is 1. The third-order valence-corrected chi connectivity index (χ3v) is 3.22. The lowest BCUT2D eigenvalue weighted by atomic mass is 10.1. The van der Waals surface area contributed by atoms with Gasteiger partial charge in [-0.1, -0.05) is 6.42 Å². The fourth-order valence-electron chi connectivity index (χ4n) is 2.35. The van der Waals surface area contributed by atoms with Crippen LogP contribution in [0.25, 0.3) is 0 Å². The molecule has 0 spiro atoms. The number of alkyl halides is 3. The van der Waals surface area contributed by atoms with E-state index in [1.165, 1.54) is 0 Å². The normalized spacial score (nSPS) is 20.6. The molecule has 0 bridgehead atoms. The zero-order chi connectivity index (χ0) is 13.2. The van der Waals surface area contributed by atoms with Gasteiger partial charge in [0.1, 0.15) is 0 Å². The Bertz CT molecular complexity index is 401. The zero-order valence-electron chi connectivity index (χ0n) is 10.0. The Morgan fingerprint density at radius 1 is 1.33 bits per heavy atom. The summed E-state index contributed by atoms with van der Waals surface area (Å²) in [5.74, 6) is 0. The molecule has 102 valence electrons. The van der Waals surface area contributed by atoms with Gasteiger partial charge < -0.3 is 10.3 Å². The highest BCUT2D eigenvalue weighted by atomic mass is 19.4. The van der Waals surface area contributed by atoms with Gasteiger partial charge in [-0.25, -0.2) is 0 Å². The molecule has 0 aliphatic heterocycles. The van der Waals surface area contributed by atoms with Crippen molar-refractivity contribution in [1.82, 2.24) is 4.57 Å². The molecule has 3 nitrogen and oxygen atoms in total. The predicted molar refractivity (Wildman–Crippen MR) is 60.9 cm³/mol. The number of nitrogens with zero attached hydrogens (tertiary/aromatic N) is 1. The first kappa shape index (κ1) is 13.4. The highest BCUT2D eigenvalue weighted by molar-refractivity contribution is 5.28. The first-order chi connectivity index (χ1) is 8.46. The van der Waals surface area contributed by atoms with Gasteiger partial charge in [0.2, 0.25) is 0 Å². The molecule has 1 atom stereocenters. The monoisotopic (exact) mass is 262 g/mol. The molecule has 0 saturated heterocycles. The third-order valence-electron chi connectivity index (χ3n) is 3.22. The van der Waals surface area contributed by atoms with Crippen molar-refractivity contribution in [2.45, 2.75) is 44.6 Å². The molecule has 0 amide bonds. The van der Waals surface area contributed by atoms with E-state index >= 15 is 0 Å². The Hall–Kier alpha value is -1.01. The standard InChI is InChI=1S/C12H17F3N2O/c13-12(14,15)18-6-5-17-7-9-3-1-2-4-11(16)10(9)8-17/h7-8,11H,1-6,16H2. The molecule has 0 radical (unpaired) electrons. The highest BCUT2D eigenvalue weighted by Crippen LogP contribution is 2.27. The van der Waals surface area contributed by atoms with E-state index in [-0.39, 0.29) is 19.2 Å². The molecule has 1 aliphatic carbocycles. The van der Waals surface area contributed by atoms with Crippen molar-refractivity contribution in [3.05, 3.63) is 23.5 Å². The number of aromatic nitrogens is 1. The molecule has 1 aromatic rings. The van der Waals surface area contributed by atoms with Crippen molar-refractivity contribution in [3.63, 3.8) is 0 Å². The summed E-state index contributed by atoms with van der Waals surface area (Å²) in [5.41, 5.74) is 8.26. The van der Waals surface area contributed by atoms with Crippen LogP contribution in [0.15, 0.2) is 12.4 Å². The van der Waals surface area contributed by atoms with Gasteiger partial charge in [-0.05, 0) is 30.4 Å². The van der Waals surface area contributed by atoms with E-state index in [1.807, 2.05) is 12.4 Å². The smallest absolute Gasteiger partial charge is 0.351 e. The lowest BCUT2D eigenvalue weighted by Crippen LogP contribution is -2.17. The minimum absolute atomic E-state index is 0.00674. The summed E-state index contributed by atoms with van der Waals surface area (Å²) in [6, 6.07) is 0.00674. The fraction of sp³-hybridized carbons (Fsp3) is 0.667. The first-order valence-electron chi connectivity index (χ1n) is 6.10. The van der Waals surface area contributed by atoms with Gasteiger partial charge in [-0.3, -0.25) is 4.74 Å². The lowest BCUT2D eigenvalue weighted by molar-refractivity contribution is -0.325. The molecule has 1 heterocycles. The van der Waals surface area contributed by atoms with Crippen molar-refractivity contribution in [2.24, 2.45) is 5.73 Å². The van der Waals surface area contributed by atoms with Crippen LogP contribution in [-0.4, -0.2) is 17.5 Å². The van der Waals surface area contributed by atoms with Crippen LogP contribution in [0.1, 0.15) is 36.4 Å². The van der Waals surface area contributed by atoms with Gasteiger partial charge in [0.05, 0.1) is 6.61 Å². The van der Waals surface area contributed by atoms with Crippen molar-refractivity contribution in [1.29, 1.82) is 0 Å². The van der Waals surface area contributed by atoms with Crippen molar-refractivity contribution >= 4 is 0 Å². The Morgan fingerprint density at radius 3 is 2.83 bits per heavy atom. The van der Waals surface area contributed by atoms with E-state index in [4.69, 9.17) is 5.73 Å². The molecular weight excluding hydrogens is 245 g/mol. The second kappa shape index (κ2) is 5.32. The largest absolute Gasteiger partial charge is 0.522 e. The van der Waals surface area contributed by atoms with Crippen LogP contribution < -0.4 is 5.73 Å². The van der Waals surface area contributed by atoms with Crippen LogP contribution in [0, 0.1) is 0 Å². The Balaban J connectivity index is 1.97. The summed E-state index contributed by atoms with van der Waals surface area (Å²) in [4.78, 5) is 0. The van der Waals surface area contributed by atoms with Gasteiger partial charge in [-0.15, -0.1) is 13.2 Å². The zero-order valence-corrected chi connectivity index (χ0v) is 10.0. The molecule has 1 aliphatic rings. The average Bonchev–Trinajstić information content (AvgIpc) is 2.58. The van der Waals surface area contributed by atoms with Gasteiger partial charge in [0.15, 0.2) is 0 Å². The molecule has 0 saturated carbocycles. The number of ether oxygens (including phenoxy) is 1. The van der Waals surface area contributed by atoms with Crippen molar-refractivity contribution in [3.8, 4) is 0 Å². The summed E-state index contributed by atoms with van der Waals surface area (Å²) in [7, 11) is 0. The van der Waals surface area contributed by atoms with Crippen LogP contribution in [0.4, 0.5) is 13.2 Å². The maximum atomic E-state index is 11.8. The van der Waals surface area contributed by atoms with E-state index in [1.54, 1.807) is 4.57 Å². The molecule has 18 heavy (non-hydrogen) atoms. The number of rotatable bonds is 3. The quantitative estimate of drug-likeness (QED) is 0.851. The van der Waals surface area contributed by atoms with Crippen LogP contribution >= 0.6 is 0 Å². The number of fused-ring (bicyclic) bond motifs is 1. The van der Waals surface area contributed by atoms with Crippen LogP contribution in [0.5, 0.6) is 0 Å². The lowest BCUT2D eigenvalue weighted by Gasteiger charge is -2.09. The van der Waals surface area contributed by atoms with Crippen LogP contribution in [-0.2, 0) is 17.7 Å². The van der Waals surface area contributed by atoms with E-state index in [0.717, 1.165) is 36.8 Å². The summed E-state index contributed by atoms with van der Waals surface area (Å²) < 4.78 is 41.1. The second-order valence-electron chi connectivity index (χ2n) is 4.62. The molecule has 0 fully saturated rings. The summed E-state index contributed by atoms with van der Waals surface area (Å²) in [6.07, 6.45) is 3.27. The summed E-state index contributed by atoms with van der Waals surface area (Å²) in [6.45, 7) is -0.175. The van der Waals surface area contributed by atoms with E-state index < -0.39 is 6.36 Å². The number of halogens is 3. The van der Waals surface area contributed by atoms with Crippen molar-refractivity contribution in [2.75, 3.05) is 6.61 Å². The summed E-state index contributed by atoms with van der Waals surface area (Å²) in [5, 5.41) is 0. The molecule has 1 aromatic heterocycles. The Morgan fingerprint density at radius 2 is 2.11 bits per heavy atom. The number of hydrogen-bond acceptors (Lipinski definition) is 2. The van der Waals surface area contributed by atoms with Crippen molar-refractivity contribution < 1.29 is 17.9 Å². The molecule has 6 heteroatoms. The molecule has 1 unspecified atom stereocenters. The fourth-order valence-corrected chi connectivity index (χ4v) is 2.35. The maximum absolute atomic E-state index is 11.8. The Kier molecular flexibility index (Phi) is 3.97. The molecule has 2 N–H and O–H groups in total. The SMILES string of the molecule is NC1CCCCc2cn(CCOC(F)(F)F)cc21. The number of hydrogen-bond donors (Lipinski definition) is 1. The highest BCUT2D eigenvalue weighted by Gasteiger charge is 2.28. The van der Waals surface area contributed by atoms with Gasteiger partial charge in [0, 0.05) is 25.0 Å². The second-order valence-corrected chi connectivity index (χ2v) is 4.62. The Labute approximate surface area is 104 Å². The van der Waals surface area contributed by atoms with E-state index in [0.29, 0.717) is 0 Å². The predicted octanol–water partition coefficient (Wildman–Crippen LogP) is 2.75. The van der Waals surface area contributed by atoms with Gasteiger partial charge >= 0.3 is 6.36 Å². The molecular formula is C12H17F3N2O. The van der Waals surface area contributed by atoms with Gasteiger partial charge in [0.25, 0.3) is 0 Å². The third kappa shape index (κ3) is 3.49.